The molecule has 0 radical (unpaired) electrons. The molecule has 0 saturated heterocycles. The van der Waals surface area contributed by atoms with Gasteiger partial charge in [-0.3, -0.25) is 14.4 Å². The van der Waals surface area contributed by atoms with Gasteiger partial charge in [0.1, 0.15) is 5.75 Å². The summed E-state index contributed by atoms with van der Waals surface area (Å²) >= 11 is 0. The molecule has 0 unspecified atom stereocenters. The van der Waals surface area contributed by atoms with E-state index in [1.54, 1.807) is 16.8 Å². The number of aromatic nitrogens is 2. The van der Waals surface area contributed by atoms with Crippen LogP contribution in [-0.2, 0) is 32.6 Å². The molecule has 2 heterocycles. The normalized spacial score (nSPS) is 13.8. The van der Waals surface area contributed by atoms with Crippen molar-refractivity contribution >= 4 is 5.91 Å². The maximum absolute atomic E-state index is 12.9. The molecule has 0 bridgehead atoms. The highest BCUT2D eigenvalue weighted by Gasteiger charge is 2.28. The van der Waals surface area contributed by atoms with Crippen molar-refractivity contribution in [1.82, 2.24) is 20.0 Å². The summed E-state index contributed by atoms with van der Waals surface area (Å²) in [5.41, 5.74) is 4.53. The molecule has 4 rings (SSSR count). The molecule has 0 atom stereocenters. The van der Waals surface area contributed by atoms with Crippen molar-refractivity contribution in [2.75, 3.05) is 13.2 Å². The largest absolute Gasteiger partial charge is 0.508 e. The first kappa shape index (κ1) is 20.1. The number of amides is 1. The van der Waals surface area contributed by atoms with Crippen molar-refractivity contribution in [3.05, 3.63) is 82.7 Å². The van der Waals surface area contributed by atoms with Crippen molar-refractivity contribution in [3.63, 3.8) is 0 Å². The Labute approximate surface area is 175 Å². The Morgan fingerprint density at radius 1 is 1.07 bits per heavy atom. The van der Waals surface area contributed by atoms with Crippen LogP contribution >= 0.6 is 0 Å². The van der Waals surface area contributed by atoms with Gasteiger partial charge in [0.2, 0.25) is 0 Å². The van der Waals surface area contributed by atoms with Gasteiger partial charge in [-0.05, 0) is 23.3 Å². The van der Waals surface area contributed by atoms with E-state index in [1.807, 2.05) is 42.5 Å². The Hall–Kier alpha value is -3.16. The molecule has 3 aromatic rings. The predicted molar refractivity (Wildman–Crippen MR) is 113 cm³/mol. The third-order valence-corrected chi connectivity index (χ3v) is 5.38. The van der Waals surface area contributed by atoms with Gasteiger partial charge in [0, 0.05) is 43.9 Å². The zero-order valence-corrected chi connectivity index (χ0v) is 16.8. The van der Waals surface area contributed by atoms with E-state index in [4.69, 9.17) is 0 Å². The van der Waals surface area contributed by atoms with Crippen LogP contribution in [0.15, 0.2) is 54.6 Å². The number of fused-ring (bicyclic) bond motifs is 1. The fraction of sp³-hybridized carbons (Fsp3) is 0.304. The van der Waals surface area contributed by atoms with Crippen molar-refractivity contribution in [2.24, 2.45) is 0 Å². The Morgan fingerprint density at radius 3 is 2.57 bits per heavy atom. The number of benzene rings is 2. The molecule has 1 aromatic heterocycles. The summed E-state index contributed by atoms with van der Waals surface area (Å²) in [5, 5.41) is 26.4. The maximum Gasteiger partial charge on any atom is 0.272 e. The maximum atomic E-state index is 12.9. The molecular formula is C23H26N4O3. The summed E-state index contributed by atoms with van der Waals surface area (Å²) < 4.78 is 1.77. The second-order valence-corrected chi connectivity index (χ2v) is 7.52. The number of carbonyl (C=O) groups is 1. The molecule has 1 amide bonds. The number of carbonyl (C=O) groups excluding carboxylic acids is 1. The van der Waals surface area contributed by atoms with Crippen LogP contribution in [0.4, 0.5) is 0 Å². The van der Waals surface area contributed by atoms with Crippen molar-refractivity contribution in [1.29, 1.82) is 0 Å². The summed E-state index contributed by atoms with van der Waals surface area (Å²) in [5.74, 6) is 0.0561. The lowest BCUT2D eigenvalue weighted by Crippen LogP contribution is -2.32. The fourth-order valence-corrected chi connectivity index (χ4v) is 3.87. The van der Waals surface area contributed by atoms with Gasteiger partial charge in [0.05, 0.1) is 13.2 Å². The highest BCUT2D eigenvalue weighted by molar-refractivity contribution is 5.94. The van der Waals surface area contributed by atoms with Gasteiger partial charge in [0.15, 0.2) is 5.69 Å². The molecule has 0 saturated carbocycles. The molecule has 1 aliphatic rings. The predicted octanol–water partition coefficient (Wildman–Crippen LogP) is 2.07. The zero-order chi connectivity index (χ0) is 20.9. The summed E-state index contributed by atoms with van der Waals surface area (Å²) in [6.07, 6.45) is 0.770. The zero-order valence-electron chi connectivity index (χ0n) is 16.8. The molecule has 7 heteroatoms. The third kappa shape index (κ3) is 4.53. The topological polar surface area (TPSA) is 90.6 Å². The van der Waals surface area contributed by atoms with Crippen LogP contribution in [0.2, 0.25) is 0 Å². The molecule has 156 valence electrons. The first-order valence-electron chi connectivity index (χ1n) is 10.2. The Bertz CT molecular complexity index is 999. The van der Waals surface area contributed by atoms with Crippen LogP contribution in [0.25, 0.3) is 0 Å². The second-order valence-electron chi connectivity index (χ2n) is 7.52. The minimum absolute atomic E-state index is 0.0174. The molecule has 0 spiro atoms. The molecular weight excluding hydrogens is 380 g/mol. The second kappa shape index (κ2) is 9.11. The standard InChI is InChI=1S/C23H26N4O3/c28-13-12-27-21-10-11-26(15-18-6-8-19(29)9-7-18)16-20(21)22(25-27)23(30)24-14-17-4-2-1-3-5-17/h1-9,28-29H,10-16H2,(H,24,30). The van der Waals surface area contributed by atoms with E-state index < -0.39 is 0 Å². The van der Waals surface area contributed by atoms with Gasteiger partial charge < -0.3 is 15.5 Å². The SMILES string of the molecule is O=C(NCc1ccccc1)c1nn(CCO)c2c1CN(Cc1ccc(O)cc1)CC2. The Morgan fingerprint density at radius 2 is 1.83 bits per heavy atom. The van der Waals surface area contributed by atoms with Gasteiger partial charge in [0.25, 0.3) is 5.91 Å². The Kier molecular flexibility index (Phi) is 6.11. The highest BCUT2D eigenvalue weighted by Crippen LogP contribution is 2.24. The average Bonchev–Trinajstić information content (AvgIpc) is 3.12. The van der Waals surface area contributed by atoms with E-state index in [9.17, 15) is 15.0 Å². The van der Waals surface area contributed by atoms with Crippen molar-refractivity contribution < 1.29 is 15.0 Å². The van der Waals surface area contributed by atoms with Gasteiger partial charge in [-0.25, -0.2) is 0 Å². The minimum Gasteiger partial charge on any atom is -0.508 e. The van der Waals surface area contributed by atoms with Crippen molar-refractivity contribution in [3.8, 4) is 5.75 Å². The first-order chi connectivity index (χ1) is 14.6. The quantitative estimate of drug-likeness (QED) is 0.559. The minimum atomic E-state index is -0.196. The number of phenolic OH excluding ortho intramolecular Hbond substituents is 1. The molecule has 1 aliphatic heterocycles. The molecule has 30 heavy (non-hydrogen) atoms. The van der Waals surface area contributed by atoms with E-state index in [1.165, 1.54) is 0 Å². The summed E-state index contributed by atoms with van der Waals surface area (Å²) in [6.45, 7) is 3.00. The summed E-state index contributed by atoms with van der Waals surface area (Å²) in [4.78, 5) is 15.2. The number of nitrogens with zero attached hydrogens (tertiary/aromatic N) is 3. The Balaban J connectivity index is 1.52. The van der Waals surface area contributed by atoms with E-state index in [2.05, 4.69) is 15.3 Å². The van der Waals surface area contributed by atoms with Gasteiger partial charge >= 0.3 is 0 Å². The van der Waals surface area contributed by atoms with E-state index in [-0.39, 0.29) is 18.3 Å². The number of phenols is 1. The van der Waals surface area contributed by atoms with Crippen LogP contribution in [-0.4, -0.2) is 44.0 Å². The monoisotopic (exact) mass is 406 g/mol. The molecule has 3 N–H and O–H groups in total. The fourth-order valence-electron chi connectivity index (χ4n) is 3.87. The molecule has 7 nitrogen and oxygen atoms in total. The number of hydrogen-bond donors (Lipinski definition) is 3. The number of rotatable bonds is 7. The van der Waals surface area contributed by atoms with Crippen LogP contribution in [0, 0.1) is 0 Å². The van der Waals surface area contributed by atoms with Crippen LogP contribution in [0.5, 0.6) is 5.75 Å². The lowest BCUT2D eigenvalue weighted by molar-refractivity contribution is 0.0942. The van der Waals surface area contributed by atoms with E-state index >= 15 is 0 Å². The highest BCUT2D eigenvalue weighted by atomic mass is 16.3. The van der Waals surface area contributed by atoms with Crippen LogP contribution < -0.4 is 5.32 Å². The first-order valence-corrected chi connectivity index (χ1v) is 10.2. The lowest BCUT2D eigenvalue weighted by Gasteiger charge is -2.27. The number of aliphatic hydroxyl groups is 1. The van der Waals surface area contributed by atoms with E-state index in [0.717, 1.165) is 41.9 Å². The van der Waals surface area contributed by atoms with Gasteiger partial charge in [-0.2, -0.15) is 5.10 Å². The van der Waals surface area contributed by atoms with Crippen molar-refractivity contribution in [2.45, 2.75) is 32.6 Å². The third-order valence-electron chi connectivity index (χ3n) is 5.38. The van der Waals surface area contributed by atoms with Gasteiger partial charge in [-0.1, -0.05) is 42.5 Å². The van der Waals surface area contributed by atoms with Crippen LogP contribution in [0.1, 0.15) is 32.9 Å². The number of aromatic hydroxyl groups is 1. The van der Waals surface area contributed by atoms with E-state index in [0.29, 0.717) is 25.3 Å². The molecule has 0 aliphatic carbocycles. The summed E-state index contributed by atoms with van der Waals surface area (Å²) in [7, 11) is 0. The molecule has 0 fully saturated rings. The van der Waals surface area contributed by atoms with Gasteiger partial charge in [-0.15, -0.1) is 0 Å². The summed E-state index contributed by atoms with van der Waals surface area (Å²) in [6, 6.07) is 17.0. The number of hydrogen-bond acceptors (Lipinski definition) is 5. The molecule has 2 aromatic carbocycles. The number of aliphatic hydroxyl groups excluding tert-OH is 1. The average molecular weight is 406 g/mol. The smallest absolute Gasteiger partial charge is 0.272 e. The number of nitrogens with one attached hydrogen (secondary N) is 1. The van der Waals surface area contributed by atoms with Crippen LogP contribution in [0.3, 0.4) is 0 Å². The lowest BCUT2D eigenvalue weighted by atomic mass is 10.0.